The van der Waals surface area contributed by atoms with Crippen LogP contribution in [0.2, 0.25) is 5.02 Å². The van der Waals surface area contributed by atoms with Gasteiger partial charge in [0.2, 0.25) is 0 Å². The van der Waals surface area contributed by atoms with Crippen LogP contribution in [0.1, 0.15) is 5.56 Å². The molecular formula is C11H12ClF2NO2. The SMILES string of the molecule is OC1(Cc2ccc(OC(F)F)c(Cl)c2)CNC1. The molecule has 1 fully saturated rings. The van der Waals surface area contributed by atoms with Gasteiger partial charge in [0, 0.05) is 19.5 Å². The zero-order chi connectivity index (χ0) is 12.5. The zero-order valence-corrected chi connectivity index (χ0v) is 9.68. The highest BCUT2D eigenvalue weighted by molar-refractivity contribution is 6.32. The number of halogens is 3. The number of ether oxygens (including phenoxy) is 1. The number of hydrogen-bond acceptors (Lipinski definition) is 3. The number of hydrogen-bond donors (Lipinski definition) is 2. The molecule has 0 unspecified atom stereocenters. The fraction of sp³-hybridized carbons (Fsp3) is 0.455. The lowest BCUT2D eigenvalue weighted by atomic mass is 9.89. The number of rotatable bonds is 4. The van der Waals surface area contributed by atoms with Crippen molar-refractivity contribution in [1.29, 1.82) is 0 Å². The molecule has 2 N–H and O–H groups in total. The first-order valence-corrected chi connectivity index (χ1v) is 5.53. The molecule has 2 rings (SSSR count). The molecule has 0 aromatic heterocycles. The van der Waals surface area contributed by atoms with Crippen LogP contribution in [0.3, 0.4) is 0 Å². The molecule has 17 heavy (non-hydrogen) atoms. The summed E-state index contributed by atoms with van der Waals surface area (Å²) in [6.45, 7) is -1.84. The molecule has 0 bridgehead atoms. The summed E-state index contributed by atoms with van der Waals surface area (Å²) >= 11 is 5.81. The first-order valence-electron chi connectivity index (χ1n) is 5.15. The predicted octanol–water partition coefficient (Wildman–Crippen LogP) is 1.82. The zero-order valence-electron chi connectivity index (χ0n) is 8.92. The summed E-state index contributed by atoms with van der Waals surface area (Å²) < 4.78 is 28.2. The minimum atomic E-state index is -2.89. The summed E-state index contributed by atoms with van der Waals surface area (Å²) in [6.07, 6.45) is 0.439. The van der Waals surface area contributed by atoms with Crippen LogP contribution in [0.15, 0.2) is 18.2 Å². The average molecular weight is 264 g/mol. The van der Waals surface area contributed by atoms with Gasteiger partial charge >= 0.3 is 6.61 Å². The average Bonchev–Trinajstić information content (AvgIpc) is 2.19. The third-order valence-corrected chi connectivity index (χ3v) is 2.95. The van der Waals surface area contributed by atoms with E-state index in [4.69, 9.17) is 11.6 Å². The summed E-state index contributed by atoms with van der Waals surface area (Å²) in [5.41, 5.74) is 0.0367. The van der Waals surface area contributed by atoms with Crippen LogP contribution in [-0.4, -0.2) is 30.4 Å². The van der Waals surface area contributed by atoms with Crippen molar-refractivity contribution in [2.75, 3.05) is 13.1 Å². The maximum Gasteiger partial charge on any atom is 0.387 e. The molecule has 0 atom stereocenters. The summed E-state index contributed by atoms with van der Waals surface area (Å²) in [7, 11) is 0. The predicted molar refractivity (Wildman–Crippen MR) is 59.6 cm³/mol. The van der Waals surface area contributed by atoms with E-state index < -0.39 is 12.2 Å². The van der Waals surface area contributed by atoms with E-state index in [1.165, 1.54) is 12.1 Å². The van der Waals surface area contributed by atoms with Gasteiger partial charge in [-0.25, -0.2) is 0 Å². The number of aliphatic hydroxyl groups is 1. The molecule has 1 heterocycles. The van der Waals surface area contributed by atoms with Crippen LogP contribution in [0.5, 0.6) is 5.75 Å². The highest BCUT2D eigenvalue weighted by atomic mass is 35.5. The Morgan fingerprint density at radius 1 is 1.47 bits per heavy atom. The van der Waals surface area contributed by atoms with Gasteiger partial charge in [-0.3, -0.25) is 0 Å². The van der Waals surface area contributed by atoms with Crippen molar-refractivity contribution in [3.8, 4) is 5.75 Å². The van der Waals surface area contributed by atoms with E-state index in [0.29, 0.717) is 19.5 Å². The van der Waals surface area contributed by atoms with Crippen LogP contribution in [0, 0.1) is 0 Å². The third kappa shape index (κ3) is 3.06. The monoisotopic (exact) mass is 263 g/mol. The van der Waals surface area contributed by atoms with Crippen molar-refractivity contribution in [2.45, 2.75) is 18.6 Å². The molecule has 6 heteroatoms. The Labute approximate surface area is 102 Å². The van der Waals surface area contributed by atoms with E-state index in [1.54, 1.807) is 6.07 Å². The standard InChI is InChI=1S/C11H12ClF2NO2/c12-8-3-7(4-11(16)5-15-6-11)1-2-9(8)17-10(13)14/h1-3,10,15-16H,4-6H2. The number of benzene rings is 1. The van der Waals surface area contributed by atoms with E-state index in [1.807, 2.05) is 0 Å². The van der Waals surface area contributed by atoms with Crippen molar-refractivity contribution in [3.05, 3.63) is 28.8 Å². The summed E-state index contributed by atoms with van der Waals surface area (Å²) in [5, 5.41) is 13.0. The van der Waals surface area contributed by atoms with Crippen LogP contribution in [0.4, 0.5) is 8.78 Å². The second kappa shape index (κ2) is 4.76. The van der Waals surface area contributed by atoms with E-state index >= 15 is 0 Å². The van der Waals surface area contributed by atoms with Crippen LogP contribution < -0.4 is 10.1 Å². The van der Waals surface area contributed by atoms with Gasteiger partial charge in [0.15, 0.2) is 0 Å². The lowest BCUT2D eigenvalue weighted by Crippen LogP contribution is -2.60. The van der Waals surface area contributed by atoms with Crippen molar-refractivity contribution in [2.24, 2.45) is 0 Å². The van der Waals surface area contributed by atoms with Gasteiger partial charge in [0.05, 0.1) is 10.6 Å². The molecule has 94 valence electrons. The molecule has 1 aromatic rings. The normalized spacial score (nSPS) is 17.9. The summed E-state index contributed by atoms with van der Waals surface area (Å²) in [4.78, 5) is 0. The molecular weight excluding hydrogens is 252 g/mol. The highest BCUT2D eigenvalue weighted by Gasteiger charge is 2.34. The number of alkyl halides is 2. The molecule has 1 aliphatic heterocycles. The molecule has 1 saturated heterocycles. The minimum Gasteiger partial charge on any atom is -0.433 e. The lowest BCUT2D eigenvalue weighted by molar-refractivity contribution is -0.0498. The van der Waals surface area contributed by atoms with Gasteiger partial charge in [-0.2, -0.15) is 8.78 Å². The van der Waals surface area contributed by atoms with E-state index in [9.17, 15) is 13.9 Å². The Morgan fingerprint density at radius 3 is 2.65 bits per heavy atom. The topological polar surface area (TPSA) is 41.5 Å². The van der Waals surface area contributed by atoms with E-state index in [2.05, 4.69) is 10.1 Å². The molecule has 3 nitrogen and oxygen atoms in total. The Kier molecular flexibility index (Phi) is 3.51. The maximum atomic E-state index is 12.0. The molecule has 0 amide bonds. The largest absolute Gasteiger partial charge is 0.433 e. The van der Waals surface area contributed by atoms with Gasteiger partial charge in [-0.15, -0.1) is 0 Å². The number of β-amino-alcohol motifs (C(OH)–C–C–N with tert-alkyl or cyclic N) is 1. The summed E-state index contributed by atoms with van der Waals surface area (Å²) in [5.74, 6) is -0.0517. The Morgan fingerprint density at radius 2 is 2.18 bits per heavy atom. The first kappa shape index (κ1) is 12.5. The van der Waals surface area contributed by atoms with Crippen LogP contribution in [-0.2, 0) is 6.42 Å². The quantitative estimate of drug-likeness (QED) is 0.871. The molecule has 1 aromatic carbocycles. The Hall–Kier alpha value is -0.910. The van der Waals surface area contributed by atoms with Crippen molar-refractivity contribution >= 4 is 11.6 Å². The molecule has 0 saturated carbocycles. The van der Waals surface area contributed by atoms with Gasteiger partial charge in [0.25, 0.3) is 0 Å². The van der Waals surface area contributed by atoms with Crippen molar-refractivity contribution in [3.63, 3.8) is 0 Å². The van der Waals surface area contributed by atoms with Crippen molar-refractivity contribution in [1.82, 2.24) is 5.32 Å². The van der Waals surface area contributed by atoms with Crippen LogP contribution in [0.25, 0.3) is 0 Å². The van der Waals surface area contributed by atoms with Gasteiger partial charge < -0.3 is 15.2 Å². The van der Waals surface area contributed by atoms with E-state index in [-0.39, 0.29) is 10.8 Å². The smallest absolute Gasteiger partial charge is 0.387 e. The van der Waals surface area contributed by atoms with Crippen LogP contribution >= 0.6 is 11.6 Å². The maximum absolute atomic E-state index is 12.0. The van der Waals surface area contributed by atoms with Gasteiger partial charge in [-0.05, 0) is 17.7 Å². The molecule has 0 radical (unpaired) electrons. The van der Waals surface area contributed by atoms with Gasteiger partial charge in [-0.1, -0.05) is 17.7 Å². The second-order valence-corrected chi connectivity index (χ2v) is 4.56. The molecule has 0 aliphatic carbocycles. The second-order valence-electron chi connectivity index (χ2n) is 4.15. The third-order valence-electron chi connectivity index (χ3n) is 2.65. The summed E-state index contributed by atoms with van der Waals surface area (Å²) in [6, 6.07) is 4.55. The fourth-order valence-electron chi connectivity index (χ4n) is 1.76. The van der Waals surface area contributed by atoms with E-state index in [0.717, 1.165) is 5.56 Å². The number of nitrogens with one attached hydrogen (secondary N) is 1. The van der Waals surface area contributed by atoms with Crippen molar-refractivity contribution < 1.29 is 18.6 Å². The fourth-order valence-corrected chi connectivity index (χ4v) is 2.01. The molecule has 0 spiro atoms. The highest BCUT2D eigenvalue weighted by Crippen LogP contribution is 2.29. The Bertz CT molecular complexity index is 410. The molecule has 1 aliphatic rings. The first-order chi connectivity index (χ1) is 7.98. The Balaban J connectivity index is 2.07. The van der Waals surface area contributed by atoms with Gasteiger partial charge in [0.1, 0.15) is 5.75 Å². The lowest BCUT2D eigenvalue weighted by Gasteiger charge is -2.37. The minimum absolute atomic E-state index is 0.0517.